The predicted octanol–water partition coefficient (Wildman–Crippen LogP) is 1.25. The van der Waals surface area contributed by atoms with Gasteiger partial charge in [-0.3, -0.25) is 9.59 Å². The molecule has 140 valence electrons. The Bertz CT molecular complexity index is 1060. The van der Waals surface area contributed by atoms with Gasteiger partial charge in [0.25, 0.3) is 0 Å². The maximum atomic E-state index is 12.9. The molecule has 0 atom stereocenters. The summed E-state index contributed by atoms with van der Waals surface area (Å²) in [6, 6.07) is 2.95. The molecule has 0 bridgehead atoms. The Morgan fingerprint density at radius 2 is 0.857 bits per heavy atom. The van der Waals surface area contributed by atoms with Crippen molar-refractivity contribution >= 4 is 35.4 Å². The summed E-state index contributed by atoms with van der Waals surface area (Å²) in [4.78, 5) is 71.2. The summed E-state index contributed by atoms with van der Waals surface area (Å²) in [5.41, 5.74) is -5.13. The minimum absolute atomic E-state index is 0.583. The van der Waals surface area contributed by atoms with Gasteiger partial charge < -0.3 is 20.4 Å². The highest BCUT2D eigenvalue weighted by molar-refractivity contribution is 6.33. The highest BCUT2D eigenvalue weighted by Gasteiger charge is 2.38. The molecular weight excluding hydrogens is 376 g/mol. The standard InChI is InChI=1S/C18H8O10/c19-13-7-1-5(15(21)22)3-9(17(25)26)11(7)14(20)8-2-6(16(23)24)4-10(12(8)13)18(27)28/h1-4H,(H,21,22)(H,23,24)(H,25,26)(H,27,28). The van der Waals surface area contributed by atoms with Crippen molar-refractivity contribution in [3.63, 3.8) is 0 Å². The lowest BCUT2D eigenvalue weighted by molar-refractivity contribution is 0.0671. The van der Waals surface area contributed by atoms with E-state index < -0.39 is 80.0 Å². The van der Waals surface area contributed by atoms with E-state index >= 15 is 0 Å². The number of hydrogen-bond acceptors (Lipinski definition) is 6. The van der Waals surface area contributed by atoms with Gasteiger partial charge in [0.1, 0.15) is 0 Å². The van der Waals surface area contributed by atoms with E-state index in [4.69, 9.17) is 10.2 Å². The molecule has 0 fully saturated rings. The van der Waals surface area contributed by atoms with Crippen LogP contribution in [0.25, 0.3) is 0 Å². The number of carboxylic acid groups (broad SMARTS) is 4. The highest BCUT2D eigenvalue weighted by atomic mass is 16.4. The van der Waals surface area contributed by atoms with E-state index in [0.717, 1.165) is 12.1 Å². The summed E-state index contributed by atoms with van der Waals surface area (Å²) >= 11 is 0. The van der Waals surface area contributed by atoms with Crippen molar-refractivity contribution in [2.45, 2.75) is 0 Å². The largest absolute Gasteiger partial charge is 0.478 e. The van der Waals surface area contributed by atoms with Crippen molar-refractivity contribution in [3.8, 4) is 0 Å². The van der Waals surface area contributed by atoms with Gasteiger partial charge in [-0.2, -0.15) is 0 Å². The Morgan fingerprint density at radius 1 is 0.536 bits per heavy atom. The molecule has 0 radical (unpaired) electrons. The average Bonchev–Trinajstić information content (AvgIpc) is 2.63. The molecule has 3 rings (SSSR count). The Morgan fingerprint density at radius 3 is 1.11 bits per heavy atom. The number of carbonyl (C=O) groups is 6. The second-order valence-corrected chi connectivity index (χ2v) is 5.77. The summed E-state index contributed by atoms with van der Waals surface area (Å²) in [5, 5.41) is 36.9. The Labute approximate surface area is 154 Å². The molecule has 28 heavy (non-hydrogen) atoms. The molecule has 4 N–H and O–H groups in total. The van der Waals surface area contributed by atoms with Crippen molar-refractivity contribution in [2.24, 2.45) is 0 Å². The molecule has 2 aromatic rings. The van der Waals surface area contributed by atoms with Crippen LogP contribution in [0.15, 0.2) is 24.3 Å². The van der Waals surface area contributed by atoms with Gasteiger partial charge >= 0.3 is 23.9 Å². The van der Waals surface area contributed by atoms with Crippen LogP contribution in [0, 0.1) is 0 Å². The summed E-state index contributed by atoms with van der Waals surface area (Å²) in [6.45, 7) is 0. The topological polar surface area (TPSA) is 183 Å². The number of ketones is 2. The zero-order valence-corrected chi connectivity index (χ0v) is 13.5. The molecule has 1 aliphatic rings. The lowest BCUT2D eigenvalue weighted by Crippen LogP contribution is -2.27. The first-order valence-electron chi connectivity index (χ1n) is 7.43. The van der Waals surface area contributed by atoms with Crippen LogP contribution >= 0.6 is 0 Å². The van der Waals surface area contributed by atoms with Crippen molar-refractivity contribution in [3.05, 3.63) is 68.8 Å². The van der Waals surface area contributed by atoms with Gasteiger partial charge in [-0.15, -0.1) is 0 Å². The highest BCUT2D eigenvalue weighted by Crippen LogP contribution is 2.33. The van der Waals surface area contributed by atoms with E-state index in [1.165, 1.54) is 0 Å². The molecule has 0 aliphatic heterocycles. The summed E-state index contributed by atoms with van der Waals surface area (Å²) in [6.07, 6.45) is 0. The smallest absolute Gasteiger partial charge is 0.336 e. The van der Waals surface area contributed by atoms with Gasteiger partial charge in [0.2, 0.25) is 0 Å². The molecule has 0 amide bonds. The third kappa shape index (κ3) is 2.60. The number of hydrogen-bond donors (Lipinski definition) is 4. The number of rotatable bonds is 4. The average molecular weight is 384 g/mol. The summed E-state index contributed by atoms with van der Waals surface area (Å²) in [7, 11) is 0. The van der Waals surface area contributed by atoms with E-state index in [0.29, 0.717) is 12.1 Å². The van der Waals surface area contributed by atoms with Gasteiger partial charge in [-0.1, -0.05) is 0 Å². The van der Waals surface area contributed by atoms with Gasteiger partial charge in [0.15, 0.2) is 11.6 Å². The van der Waals surface area contributed by atoms with Gasteiger partial charge in [-0.05, 0) is 24.3 Å². The van der Waals surface area contributed by atoms with E-state index in [2.05, 4.69) is 0 Å². The van der Waals surface area contributed by atoms with Gasteiger partial charge in [0.05, 0.1) is 22.3 Å². The summed E-state index contributed by atoms with van der Waals surface area (Å²) < 4.78 is 0. The fraction of sp³-hybridized carbons (Fsp3) is 0. The molecule has 0 spiro atoms. The van der Waals surface area contributed by atoms with Gasteiger partial charge in [0, 0.05) is 22.3 Å². The molecule has 2 aromatic carbocycles. The molecule has 0 unspecified atom stereocenters. The monoisotopic (exact) mass is 384 g/mol. The maximum absolute atomic E-state index is 12.9. The Hall–Kier alpha value is -4.34. The first-order valence-corrected chi connectivity index (χ1v) is 7.43. The van der Waals surface area contributed by atoms with Crippen LogP contribution in [-0.2, 0) is 0 Å². The second-order valence-electron chi connectivity index (χ2n) is 5.77. The number of carboxylic acids is 4. The van der Waals surface area contributed by atoms with Crippen LogP contribution in [0.1, 0.15) is 73.3 Å². The Kier molecular flexibility index (Phi) is 4.04. The predicted molar refractivity (Wildman–Crippen MR) is 87.6 cm³/mol. The SMILES string of the molecule is O=C(O)c1cc(C(=O)O)c2c(c1)C(=O)c1c(C(=O)O)cc(C(=O)O)cc1C2=O. The van der Waals surface area contributed by atoms with Crippen molar-refractivity contribution in [1.82, 2.24) is 0 Å². The maximum Gasteiger partial charge on any atom is 0.336 e. The first-order chi connectivity index (χ1) is 13.0. The minimum Gasteiger partial charge on any atom is -0.478 e. The van der Waals surface area contributed by atoms with Crippen LogP contribution in [0.5, 0.6) is 0 Å². The molecule has 0 aromatic heterocycles. The number of carbonyl (C=O) groups excluding carboxylic acids is 2. The zero-order chi connectivity index (χ0) is 20.9. The van der Waals surface area contributed by atoms with Crippen LogP contribution in [0.3, 0.4) is 0 Å². The second kappa shape index (κ2) is 6.13. The fourth-order valence-electron chi connectivity index (χ4n) is 2.99. The van der Waals surface area contributed by atoms with Crippen LogP contribution in [0.2, 0.25) is 0 Å². The lowest BCUT2D eigenvalue weighted by Gasteiger charge is -2.21. The fourth-order valence-corrected chi connectivity index (χ4v) is 2.99. The zero-order valence-electron chi connectivity index (χ0n) is 13.5. The molecular formula is C18H8O10. The van der Waals surface area contributed by atoms with Crippen LogP contribution in [0.4, 0.5) is 0 Å². The van der Waals surface area contributed by atoms with Crippen LogP contribution in [-0.4, -0.2) is 55.9 Å². The number of aromatic carboxylic acids is 4. The van der Waals surface area contributed by atoms with Crippen LogP contribution < -0.4 is 0 Å². The Balaban J connectivity index is 2.45. The molecule has 10 heteroatoms. The number of fused-ring (bicyclic) bond motifs is 2. The normalized spacial score (nSPS) is 12.1. The van der Waals surface area contributed by atoms with Crippen molar-refractivity contribution < 1.29 is 49.2 Å². The summed E-state index contributed by atoms with van der Waals surface area (Å²) in [5.74, 6) is -8.67. The first kappa shape index (κ1) is 18.5. The minimum atomic E-state index is -1.68. The number of benzene rings is 2. The molecule has 0 heterocycles. The molecule has 0 saturated carbocycles. The van der Waals surface area contributed by atoms with E-state index in [1.807, 2.05) is 0 Å². The third-order valence-corrected chi connectivity index (χ3v) is 4.17. The third-order valence-electron chi connectivity index (χ3n) is 4.17. The van der Waals surface area contributed by atoms with E-state index in [1.54, 1.807) is 0 Å². The van der Waals surface area contributed by atoms with Crippen molar-refractivity contribution in [1.29, 1.82) is 0 Å². The van der Waals surface area contributed by atoms with Crippen molar-refractivity contribution in [2.75, 3.05) is 0 Å². The lowest BCUT2D eigenvalue weighted by atomic mass is 9.78. The molecule has 1 aliphatic carbocycles. The quantitative estimate of drug-likeness (QED) is 0.510. The molecule has 10 nitrogen and oxygen atoms in total. The van der Waals surface area contributed by atoms with Gasteiger partial charge in [-0.25, -0.2) is 19.2 Å². The molecule has 0 saturated heterocycles. The van der Waals surface area contributed by atoms with E-state index in [-0.39, 0.29) is 0 Å². The van der Waals surface area contributed by atoms with E-state index in [9.17, 15) is 39.0 Å².